The summed E-state index contributed by atoms with van der Waals surface area (Å²) in [6.07, 6.45) is 0. The van der Waals surface area contributed by atoms with Crippen LogP contribution < -0.4 is 4.90 Å². The molecule has 0 saturated heterocycles. The molecule has 0 saturated carbocycles. The van der Waals surface area contributed by atoms with Crippen molar-refractivity contribution in [1.29, 1.82) is 0 Å². The maximum atomic E-state index is 5.72. The Morgan fingerprint density at radius 3 is 1.85 bits per heavy atom. The van der Waals surface area contributed by atoms with Crippen molar-refractivity contribution in [2.75, 3.05) is 19.0 Å². The molecule has 4 nitrogen and oxygen atoms in total. The second-order valence-corrected chi connectivity index (χ2v) is 4.72. The number of hydrogen-bond acceptors (Lipinski definition) is 4. The maximum Gasteiger partial charge on any atom is 0.248 e. The van der Waals surface area contributed by atoms with Gasteiger partial charge >= 0.3 is 0 Å². The Bertz CT molecular complexity index is 687. The van der Waals surface area contributed by atoms with E-state index < -0.39 is 0 Å². The fourth-order valence-corrected chi connectivity index (χ4v) is 1.94. The molecule has 0 aliphatic carbocycles. The van der Waals surface area contributed by atoms with Gasteiger partial charge in [-0.25, -0.2) is 0 Å². The van der Waals surface area contributed by atoms with Gasteiger partial charge in [-0.3, -0.25) is 0 Å². The Hall–Kier alpha value is -2.62. The summed E-state index contributed by atoms with van der Waals surface area (Å²) in [6.45, 7) is 0. The lowest BCUT2D eigenvalue weighted by atomic mass is 10.2. The van der Waals surface area contributed by atoms with Crippen LogP contribution in [0.25, 0.3) is 22.9 Å². The molecule has 0 bridgehead atoms. The zero-order chi connectivity index (χ0) is 13.9. The van der Waals surface area contributed by atoms with Crippen molar-refractivity contribution in [2.24, 2.45) is 0 Å². The Morgan fingerprint density at radius 1 is 0.750 bits per heavy atom. The average Bonchev–Trinajstić information content (AvgIpc) is 2.98. The van der Waals surface area contributed by atoms with Gasteiger partial charge in [-0.15, -0.1) is 10.2 Å². The quantitative estimate of drug-likeness (QED) is 0.727. The number of anilines is 1. The first kappa shape index (κ1) is 12.4. The molecule has 1 aromatic heterocycles. The minimum Gasteiger partial charge on any atom is -0.416 e. The SMILES string of the molecule is CN(C)c1ccc(-c2nnc(-c3ccccc3)o2)cc1. The molecule has 0 aliphatic heterocycles. The van der Waals surface area contributed by atoms with E-state index in [2.05, 4.69) is 10.2 Å². The van der Waals surface area contributed by atoms with Crippen molar-refractivity contribution in [2.45, 2.75) is 0 Å². The lowest BCUT2D eigenvalue weighted by molar-refractivity contribution is 0.584. The Kier molecular flexibility index (Phi) is 3.21. The normalized spacial score (nSPS) is 10.5. The molecule has 0 spiro atoms. The third kappa shape index (κ3) is 2.40. The van der Waals surface area contributed by atoms with Gasteiger partial charge in [0.25, 0.3) is 0 Å². The summed E-state index contributed by atoms with van der Waals surface area (Å²) in [5.41, 5.74) is 2.98. The summed E-state index contributed by atoms with van der Waals surface area (Å²) < 4.78 is 5.72. The van der Waals surface area contributed by atoms with Crippen LogP contribution in [0, 0.1) is 0 Å². The van der Waals surface area contributed by atoms with Crippen molar-refractivity contribution >= 4 is 5.69 Å². The van der Waals surface area contributed by atoms with E-state index in [1.807, 2.05) is 73.6 Å². The van der Waals surface area contributed by atoms with Crippen LogP contribution in [0.1, 0.15) is 0 Å². The Morgan fingerprint density at radius 2 is 1.30 bits per heavy atom. The number of rotatable bonds is 3. The highest BCUT2D eigenvalue weighted by Crippen LogP contribution is 2.25. The summed E-state index contributed by atoms with van der Waals surface area (Å²) >= 11 is 0. The van der Waals surface area contributed by atoms with Gasteiger partial charge in [0, 0.05) is 30.9 Å². The molecule has 100 valence electrons. The average molecular weight is 265 g/mol. The van der Waals surface area contributed by atoms with Gasteiger partial charge in [-0.1, -0.05) is 18.2 Å². The van der Waals surface area contributed by atoms with Crippen molar-refractivity contribution in [3.8, 4) is 22.9 Å². The maximum absolute atomic E-state index is 5.72. The Balaban J connectivity index is 1.90. The van der Waals surface area contributed by atoms with Crippen LogP contribution in [0.4, 0.5) is 5.69 Å². The topological polar surface area (TPSA) is 42.2 Å². The van der Waals surface area contributed by atoms with Crippen molar-refractivity contribution in [3.63, 3.8) is 0 Å². The number of nitrogens with zero attached hydrogens (tertiary/aromatic N) is 3. The summed E-state index contributed by atoms with van der Waals surface area (Å²) in [6, 6.07) is 17.8. The summed E-state index contributed by atoms with van der Waals surface area (Å²) in [4.78, 5) is 2.05. The minimum absolute atomic E-state index is 0.536. The lowest BCUT2D eigenvalue weighted by Gasteiger charge is -2.11. The third-order valence-corrected chi connectivity index (χ3v) is 3.08. The first-order chi connectivity index (χ1) is 9.74. The van der Waals surface area contributed by atoms with Crippen LogP contribution in [-0.4, -0.2) is 24.3 Å². The molecule has 0 N–H and O–H groups in total. The fraction of sp³-hybridized carbons (Fsp3) is 0.125. The molecule has 2 aromatic carbocycles. The molecule has 0 radical (unpaired) electrons. The Labute approximate surface area is 117 Å². The fourth-order valence-electron chi connectivity index (χ4n) is 1.94. The molecule has 0 amide bonds. The van der Waals surface area contributed by atoms with Gasteiger partial charge in [0.2, 0.25) is 11.8 Å². The molecule has 3 rings (SSSR count). The van der Waals surface area contributed by atoms with Crippen LogP contribution in [0.15, 0.2) is 59.0 Å². The lowest BCUT2D eigenvalue weighted by Crippen LogP contribution is -2.07. The second-order valence-electron chi connectivity index (χ2n) is 4.72. The highest BCUT2D eigenvalue weighted by atomic mass is 16.4. The number of hydrogen-bond donors (Lipinski definition) is 0. The third-order valence-electron chi connectivity index (χ3n) is 3.08. The number of benzene rings is 2. The molecule has 3 aromatic rings. The van der Waals surface area contributed by atoms with Gasteiger partial charge in [0.15, 0.2) is 0 Å². The highest BCUT2D eigenvalue weighted by Gasteiger charge is 2.10. The molecule has 0 aliphatic rings. The smallest absolute Gasteiger partial charge is 0.248 e. The molecular formula is C16H15N3O. The van der Waals surface area contributed by atoms with E-state index in [-0.39, 0.29) is 0 Å². The summed E-state index contributed by atoms with van der Waals surface area (Å²) in [5.74, 6) is 1.08. The zero-order valence-corrected chi connectivity index (χ0v) is 11.4. The van der Waals surface area contributed by atoms with Crippen LogP contribution in [-0.2, 0) is 0 Å². The molecule has 20 heavy (non-hydrogen) atoms. The van der Waals surface area contributed by atoms with E-state index in [4.69, 9.17) is 4.42 Å². The molecule has 0 atom stereocenters. The van der Waals surface area contributed by atoms with Crippen LogP contribution >= 0.6 is 0 Å². The van der Waals surface area contributed by atoms with Crippen molar-refractivity contribution in [3.05, 3.63) is 54.6 Å². The first-order valence-corrected chi connectivity index (χ1v) is 6.41. The number of aromatic nitrogens is 2. The molecule has 4 heteroatoms. The zero-order valence-electron chi connectivity index (χ0n) is 11.4. The standard InChI is InChI=1S/C16H15N3O/c1-19(2)14-10-8-13(9-11-14)16-18-17-15(20-16)12-6-4-3-5-7-12/h3-11H,1-2H3. The van der Waals surface area contributed by atoms with E-state index in [1.54, 1.807) is 0 Å². The molecule has 0 unspecified atom stereocenters. The predicted molar refractivity (Wildman–Crippen MR) is 79.5 cm³/mol. The highest BCUT2D eigenvalue weighted by molar-refractivity contribution is 5.60. The van der Waals surface area contributed by atoms with Crippen molar-refractivity contribution < 1.29 is 4.42 Å². The van der Waals surface area contributed by atoms with Gasteiger partial charge in [-0.2, -0.15) is 0 Å². The van der Waals surface area contributed by atoms with Crippen LogP contribution in [0.2, 0.25) is 0 Å². The predicted octanol–water partition coefficient (Wildman–Crippen LogP) is 3.47. The van der Waals surface area contributed by atoms with Gasteiger partial charge in [0.1, 0.15) is 0 Å². The van der Waals surface area contributed by atoms with E-state index in [0.717, 1.165) is 16.8 Å². The van der Waals surface area contributed by atoms with Gasteiger partial charge < -0.3 is 9.32 Å². The first-order valence-electron chi connectivity index (χ1n) is 6.41. The summed E-state index contributed by atoms with van der Waals surface area (Å²) in [5, 5.41) is 8.20. The molecule has 0 fully saturated rings. The van der Waals surface area contributed by atoms with E-state index >= 15 is 0 Å². The van der Waals surface area contributed by atoms with Crippen molar-refractivity contribution in [1.82, 2.24) is 10.2 Å². The largest absolute Gasteiger partial charge is 0.416 e. The summed E-state index contributed by atoms with van der Waals surface area (Å²) in [7, 11) is 4.02. The van der Waals surface area contributed by atoms with Crippen LogP contribution in [0.5, 0.6) is 0 Å². The van der Waals surface area contributed by atoms with Gasteiger partial charge in [-0.05, 0) is 36.4 Å². The van der Waals surface area contributed by atoms with Gasteiger partial charge in [0.05, 0.1) is 0 Å². The van der Waals surface area contributed by atoms with Crippen LogP contribution in [0.3, 0.4) is 0 Å². The molecular weight excluding hydrogens is 250 g/mol. The monoisotopic (exact) mass is 265 g/mol. The van der Waals surface area contributed by atoms with E-state index in [0.29, 0.717) is 11.8 Å². The van der Waals surface area contributed by atoms with E-state index in [9.17, 15) is 0 Å². The second kappa shape index (κ2) is 5.17. The van der Waals surface area contributed by atoms with E-state index in [1.165, 1.54) is 0 Å². The minimum atomic E-state index is 0.536. The molecule has 1 heterocycles.